The number of likely N-dealkylation sites (N-methyl/N-ethyl adjacent to an activating group) is 1. The van der Waals surface area contributed by atoms with Crippen molar-refractivity contribution in [2.24, 2.45) is 0 Å². The minimum Gasteiger partial charge on any atom is -0.495 e. The Bertz CT molecular complexity index is 590. The molecule has 1 N–H and O–H groups in total. The predicted molar refractivity (Wildman–Crippen MR) is 82.8 cm³/mol. The predicted octanol–water partition coefficient (Wildman–Crippen LogP) is 3.90. The first-order valence-electron chi connectivity index (χ1n) is 6.25. The Hall–Kier alpha value is -1.29. The highest BCUT2D eigenvalue weighted by atomic mass is 35.5. The third-order valence-corrected chi connectivity index (χ3v) is 3.86. The number of hydrogen-bond donors (Lipinski definition) is 1. The van der Waals surface area contributed by atoms with Crippen LogP contribution in [0.5, 0.6) is 5.75 Å². The minimum absolute atomic E-state index is 0.0448. The van der Waals surface area contributed by atoms with Gasteiger partial charge in [0.15, 0.2) is 0 Å². The van der Waals surface area contributed by atoms with E-state index in [0.29, 0.717) is 10.0 Å². The highest BCUT2D eigenvalue weighted by Crippen LogP contribution is 2.28. The van der Waals surface area contributed by atoms with Gasteiger partial charge in [-0.2, -0.15) is 0 Å². The van der Waals surface area contributed by atoms with E-state index in [-0.39, 0.29) is 6.04 Å². The van der Waals surface area contributed by atoms with Crippen molar-refractivity contribution >= 4 is 23.2 Å². The average Bonchev–Trinajstić information content (AvgIpc) is 2.48. The van der Waals surface area contributed by atoms with Crippen molar-refractivity contribution in [1.29, 1.82) is 0 Å². The van der Waals surface area contributed by atoms with E-state index in [4.69, 9.17) is 27.9 Å². The Morgan fingerprint density at radius 2 is 2.05 bits per heavy atom. The summed E-state index contributed by atoms with van der Waals surface area (Å²) in [5.41, 5.74) is 1.97. The summed E-state index contributed by atoms with van der Waals surface area (Å²) in [6.45, 7) is 0. The van der Waals surface area contributed by atoms with Gasteiger partial charge in [-0.25, -0.2) is 0 Å². The molecule has 0 aliphatic carbocycles. The molecule has 0 amide bonds. The molecule has 0 saturated heterocycles. The molecule has 106 valence electrons. The number of rotatable bonds is 5. The summed E-state index contributed by atoms with van der Waals surface area (Å²) in [7, 11) is 3.54. The maximum absolute atomic E-state index is 6.05. The number of nitrogens with one attached hydrogen (secondary N) is 1. The maximum Gasteiger partial charge on any atom is 0.141 e. The minimum atomic E-state index is 0.0448. The molecule has 0 fully saturated rings. The maximum atomic E-state index is 6.05. The average molecular weight is 311 g/mol. The first-order valence-corrected chi connectivity index (χ1v) is 7.01. The highest BCUT2D eigenvalue weighted by molar-refractivity contribution is 6.42. The van der Waals surface area contributed by atoms with Crippen LogP contribution in [0.25, 0.3) is 0 Å². The molecule has 1 heterocycles. The van der Waals surface area contributed by atoms with E-state index >= 15 is 0 Å². The fourth-order valence-electron chi connectivity index (χ4n) is 2.07. The van der Waals surface area contributed by atoms with Crippen molar-refractivity contribution in [2.45, 2.75) is 12.5 Å². The van der Waals surface area contributed by atoms with E-state index in [1.165, 1.54) is 0 Å². The van der Waals surface area contributed by atoms with Crippen molar-refractivity contribution in [3.8, 4) is 5.75 Å². The van der Waals surface area contributed by atoms with Gasteiger partial charge >= 0.3 is 0 Å². The first kappa shape index (κ1) is 15.1. The molecule has 1 aromatic carbocycles. The van der Waals surface area contributed by atoms with Crippen molar-refractivity contribution in [3.63, 3.8) is 0 Å². The largest absolute Gasteiger partial charge is 0.495 e. The molecule has 0 aliphatic rings. The van der Waals surface area contributed by atoms with Crippen LogP contribution in [0.2, 0.25) is 10.0 Å². The molecule has 0 radical (unpaired) electrons. The van der Waals surface area contributed by atoms with Gasteiger partial charge in [0.25, 0.3) is 0 Å². The van der Waals surface area contributed by atoms with Crippen LogP contribution in [0, 0.1) is 0 Å². The van der Waals surface area contributed by atoms with Crippen LogP contribution < -0.4 is 10.1 Å². The summed E-state index contributed by atoms with van der Waals surface area (Å²) in [4.78, 5) is 4.41. The molecular weight excluding hydrogens is 295 g/mol. The van der Waals surface area contributed by atoms with E-state index in [1.807, 2.05) is 37.4 Å². The Morgan fingerprint density at radius 1 is 1.25 bits per heavy atom. The van der Waals surface area contributed by atoms with E-state index in [2.05, 4.69) is 10.3 Å². The van der Waals surface area contributed by atoms with Crippen LogP contribution in [0.15, 0.2) is 36.5 Å². The van der Waals surface area contributed by atoms with Gasteiger partial charge in [0.2, 0.25) is 0 Å². The Kier molecular flexibility index (Phi) is 5.24. The summed E-state index contributed by atoms with van der Waals surface area (Å²) in [6, 6.07) is 9.46. The smallest absolute Gasteiger partial charge is 0.141 e. The topological polar surface area (TPSA) is 34.2 Å². The van der Waals surface area contributed by atoms with Crippen LogP contribution in [-0.2, 0) is 6.42 Å². The third-order valence-electron chi connectivity index (χ3n) is 3.12. The van der Waals surface area contributed by atoms with Gasteiger partial charge in [-0.1, -0.05) is 29.3 Å². The number of aromatic nitrogens is 1. The molecule has 0 aliphatic heterocycles. The normalized spacial score (nSPS) is 12.2. The fourth-order valence-corrected chi connectivity index (χ4v) is 2.40. The third kappa shape index (κ3) is 3.42. The van der Waals surface area contributed by atoms with Crippen LogP contribution in [0.3, 0.4) is 0 Å². The van der Waals surface area contributed by atoms with E-state index in [0.717, 1.165) is 23.4 Å². The van der Waals surface area contributed by atoms with Gasteiger partial charge in [-0.05, 0) is 43.3 Å². The van der Waals surface area contributed by atoms with Crippen molar-refractivity contribution < 1.29 is 4.74 Å². The van der Waals surface area contributed by atoms with Crippen LogP contribution in [0.4, 0.5) is 0 Å². The second kappa shape index (κ2) is 6.93. The summed E-state index contributed by atoms with van der Waals surface area (Å²) in [6.07, 6.45) is 2.51. The van der Waals surface area contributed by atoms with Gasteiger partial charge in [0, 0.05) is 6.20 Å². The van der Waals surface area contributed by atoms with Crippen LogP contribution in [-0.4, -0.2) is 19.1 Å². The molecule has 0 bridgehead atoms. The number of methoxy groups -OCH3 is 1. The fraction of sp³-hybridized carbons (Fsp3) is 0.267. The van der Waals surface area contributed by atoms with Crippen LogP contribution >= 0.6 is 23.2 Å². The lowest BCUT2D eigenvalue weighted by molar-refractivity contribution is 0.396. The number of ether oxygens (including phenoxy) is 1. The Labute approximate surface area is 128 Å². The number of halogens is 2. The highest BCUT2D eigenvalue weighted by Gasteiger charge is 2.16. The van der Waals surface area contributed by atoms with Gasteiger partial charge in [-0.15, -0.1) is 0 Å². The lowest BCUT2D eigenvalue weighted by Crippen LogP contribution is -2.20. The number of pyridine rings is 1. The first-order chi connectivity index (χ1) is 9.65. The Morgan fingerprint density at radius 3 is 2.70 bits per heavy atom. The zero-order chi connectivity index (χ0) is 14.5. The van der Waals surface area contributed by atoms with Crippen molar-refractivity contribution in [3.05, 3.63) is 57.8 Å². The van der Waals surface area contributed by atoms with E-state index < -0.39 is 0 Å². The zero-order valence-corrected chi connectivity index (χ0v) is 12.9. The molecule has 1 unspecified atom stereocenters. The summed E-state index contributed by atoms with van der Waals surface area (Å²) in [5.74, 6) is 0.770. The van der Waals surface area contributed by atoms with Crippen molar-refractivity contribution in [2.75, 3.05) is 14.2 Å². The molecule has 1 aromatic heterocycles. The second-order valence-corrected chi connectivity index (χ2v) is 5.20. The van der Waals surface area contributed by atoms with Gasteiger partial charge in [-0.3, -0.25) is 4.98 Å². The Balaban J connectivity index is 2.26. The second-order valence-electron chi connectivity index (χ2n) is 4.38. The van der Waals surface area contributed by atoms with Crippen LogP contribution in [0.1, 0.15) is 17.3 Å². The quantitative estimate of drug-likeness (QED) is 0.909. The molecule has 1 atom stereocenters. The molecule has 20 heavy (non-hydrogen) atoms. The molecule has 3 nitrogen and oxygen atoms in total. The molecule has 5 heteroatoms. The molecule has 2 aromatic rings. The molecular formula is C15H16Cl2N2O. The van der Waals surface area contributed by atoms with Gasteiger partial charge in [0.05, 0.1) is 28.9 Å². The SMILES string of the molecule is CNC(Cc1ccc(Cl)c(Cl)c1)c1ncccc1OC. The molecule has 2 rings (SSSR count). The lowest BCUT2D eigenvalue weighted by atomic mass is 10.0. The van der Waals surface area contributed by atoms with E-state index in [1.54, 1.807) is 13.3 Å². The monoisotopic (exact) mass is 310 g/mol. The van der Waals surface area contributed by atoms with E-state index in [9.17, 15) is 0 Å². The van der Waals surface area contributed by atoms with Gasteiger partial charge < -0.3 is 10.1 Å². The number of benzene rings is 1. The number of nitrogens with zero attached hydrogens (tertiary/aromatic N) is 1. The van der Waals surface area contributed by atoms with Gasteiger partial charge in [0.1, 0.15) is 5.75 Å². The number of hydrogen-bond acceptors (Lipinski definition) is 3. The standard InChI is InChI=1S/C15H16Cl2N2O/c1-18-13(15-14(20-2)4-3-7-19-15)9-10-5-6-11(16)12(17)8-10/h3-8,13,18H,9H2,1-2H3. The summed E-state index contributed by atoms with van der Waals surface area (Å²) < 4.78 is 5.36. The molecule has 0 spiro atoms. The summed E-state index contributed by atoms with van der Waals surface area (Å²) >= 11 is 12.0. The van der Waals surface area contributed by atoms with Crippen molar-refractivity contribution in [1.82, 2.24) is 10.3 Å². The summed E-state index contributed by atoms with van der Waals surface area (Å²) in [5, 5.41) is 4.38. The lowest BCUT2D eigenvalue weighted by Gasteiger charge is -2.18. The molecule has 0 saturated carbocycles. The zero-order valence-electron chi connectivity index (χ0n) is 11.4.